The van der Waals surface area contributed by atoms with Gasteiger partial charge in [0.25, 0.3) is 0 Å². The van der Waals surface area contributed by atoms with Gasteiger partial charge in [-0.1, -0.05) is 18.3 Å². The van der Waals surface area contributed by atoms with Crippen molar-refractivity contribution in [3.05, 3.63) is 5.51 Å². The van der Waals surface area contributed by atoms with E-state index in [0.717, 1.165) is 6.42 Å². The van der Waals surface area contributed by atoms with E-state index >= 15 is 0 Å². The van der Waals surface area contributed by atoms with Crippen molar-refractivity contribution >= 4 is 22.4 Å². The maximum Gasteiger partial charge on any atom is 0.242 e. The van der Waals surface area contributed by atoms with Crippen molar-refractivity contribution in [2.45, 2.75) is 26.3 Å². The van der Waals surface area contributed by atoms with Gasteiger partial charge in [0.05, 0.1) is 0 Å². The molecule has 1 amide bonds. The molecule has 0 aliphatic carbocycles. The maximum absolute atomic E-state index is 11.4. The largest absolute Gasteiger partial charge is 0.354 e. The van der Waals surface area contributed by atoms with Crippen LogP contribution in [0.3, 0.4) is 0 Å². The third-order valence-electron chi connectivity index (χ3n) is 1.64. The number of hydrogen-bond donors (Lipinski definition) is 2. The minimum absolute atomic E-state index is 0.0120. The van der Waals surface area contributed by atoms with Crippen molar-refractivity contribution < 1.29 is 4.79 Å². The Kier molecular flexibility index (Phi) is 4.31. The second kappa shape index (κ2) is 5.54. The molecule has 0 saturated carbocycles. The Balaban J connectivity index is 2.34. The average molecular weight is 214 g/mol. The molecule has 0 fully saturated rings. The van der Waals surface area contributed by atoms with Crippen LogP contribution in [0, 0.1) is 0 Å². The molecule has 6 heteroatoms. The van der Waals surface area contributed by atoms with E-state index < -0.39 is 0 Å². The Morgan fingerprint density at radius 1 is 1.71 bits per heavy atom. The molecular weight excluding hydrogens is 200 g/mol. The minimum Gasteiger partial charge on any atom is -0.354 e. The lowest BCUT2D eigenvalue weighted by atomic mass is 10.3. The van der Waals surface area contributed by atoms with Gasteiger partial charge in [0.15, 0.2) is 0 Å². The third kappa shape index (κ3) is 3.29. The summed E-state index contributed by atoms with van der Waals surface area (Å²) in [7, 11) is 0. The molecule has 1 heterocycles. The monoisotopic (exact) mass is 214 g/mol. The fraction of sp³-hybridized carbons (Fsp3) is 0.625. The third-order valence-corrected chi connectivity index (χ3v) is 2.26. The predicted octanol–water partition coefficient (Wildman–Crippen LogP) is 0.865. The van der Waals surface area contributed by atoms with E-state index in [0.29, 0.717) is 11.7 Å². The number of hydrogen-bond acceptors (Lipinski definition) is 5. The van der Waals surface area contributed by atoms with E-state index in [9.17, 15) is 4.79 Å². The molecule has 0 radical (unpaired) electrons. The quantitative estimate of drug-likeness (QED) is 0.763. The first-order valence-corrected chi connectivity index (χ1v) is 5.42. The molecule has 1 aromatic rings. The second-order valence-corrected chi connectivity index (χ2v) is 3.73. The van der Waals surface area contributed by atoms with Crippen LogP contribution in [-0.4, -0.2) is 28.7 Å². The second-order valence-electron chi connectivity index (χ2n) is 2.90. The number of amides is 1. The highest BCUT2D eigenvalue weighted by Gasteiger charge is 2.12. The summed E-state index contributed by atoms with van der Waals surface area (Å²) in [6.07, 6.45) is 0.942. The molecule has 0 aromatic carbocycles. The molecule has 0 spiro atoms. The fourth-order valence-electron chi connectivity index (χ4n) is 0.888. The van der Waals surface area contributed by atoms with Gasteiger partial charge in [-0.2, -0.15) is 0 Å². The smallest absolute Gasteiger partial charge is 0.242 e. The summed E-state index contributed by atoms with van der Waals surface area (Å²) < 4.78 is 0. The van der Waals surface area contributed by atoms with E-state index in [2.05, 4.69) is 20.8 Å². The molecule has 2 N–H and O–H groups in total. The SMILES string of the molecule is CCCNC(=O)C(C)Nc1nncs1. The zero-order valence-electron chi connectivity index (χ0n) is 8.28. The van der Waals surface area contributed by atoms with Gasteiger partial charge in [-0.05, 0) is 13.3 Å². The summed E-state index contributed by atoms with van der Waals surface area (Å²) in [5, 5.41) is 13.9. The molecule has 1 unspecified atom stereocenters. The first-order valence-electron chi connectivity index (χ1n) is 4.54. The zero-order valence-corrected chi connectivity index (χ0v) is 9.10. The average Bonchev–Trinajstić information content (AvgIpc) is 2.66. The summed E-state index contributed by atoms with van der Waals surface area (Å²) in [4.78, 5) is 11.4. The highest BCUT2D eigenvalue weighted by atomic mass is 32.1. The van der Waals surface area contributed by atoms with Crippen molar-refractivity contribution in [1.29, 1.82) is 0 Å². The fourth-order valence-corrected chi connectivity index (χ4v) is 1.42. The summed E-state index contributed by atoms with van der Waals surface area (Å²) in [5.74, 6) is -0.0120. The van der Waals surface area contributed by atoms with Crippen molar-refractivity contribution in [3.63, 3.8) is 0 Å². The lowest BCUT2D eigenvalue weighted by molar-refractivity contribution is -0.121. The van der Waals surface area contributed by atoms with E-state index in [1.165, 1.54) is 11.3 Å². The summed E-state index contributed by atoms with van der Waals surface area (Å²) in [6.45, 7) is 4.52. The number of carbonyl (C=O) groups is 1. The molecule has 0 aliphatic rings. The standard InChI is InChI=1S/C8H14N4OS/c1-3-4-9-7(13)6(2)11-8-12-10-5-14-8/h5-6H,3-4H2,1-2H3,(H,9,13)(H,11,12). The van der Waals surface area contributed by atoms with Crippen molar-refractivity contribution in [1.82, 2.24) is 15.5 Å². The Hall–Kier alpha value is -1.17. The predicted molar refractivity (Wildman–Crippen MR) is 56.3 cm³/mol. The number of nitrogens with zero attached hydrogens (tertiary/aromatic N) is 2. The zero-order chi connectivity index (χ0) is 10.4. The minimum atomic E-state index is -0.269. The summed E-state index contributed by atoms with van der Waals surface area (Å²) >= 11 is 1.38. The van der Waals surface area contributed by atoms with Crippen molar-refractivity contribution in [2.24, 2.45) is 0 Å². The van der Waals surface area contributed by atoms with E-state index in [4.69, 9.17) is 0 Å². The summed E-state index contributed by atoms with van der Waals surface area (Å²) in [5.41, 5.74) is 1.62. The number of rotatable bonds is 5. The Labute approximate surface area is 86.9 Å². The molecule has 78 valence electrons. The van der Waals surface area contributed by atoms with Crippen molar-refractivity contribution in [2.75, 3.05) is 11.9 Å². The molecule has 14 heavy (non-hydrogen) atoms. The molecule has 0 aliphatic heterocycles. The maximum atomic E-state index is 11.4. The van der Waals surface area contributed by atoms with Gasteiger partial charge < -0.3 is 10.6 Å². The van der Waals surface area contributed by atoms with Crippen LogP contribution in [-0.2, 0) is 4.79 Å². The molecule has 1 rings (SSSR count). The van der Waals surface area contributed by atoms with Crippen LogP contribution in [0.15, 0.2) is 5.51 Å². The van der Waals surface area contributed by atoms with Crippen molar-refractivity contribution in [3.8, 4) is 0 Å². The topological polar surface area (TPSA) is 66.9 Å². The highest BCUT2D eigenvalue weighted by Crippen LogP contribution is 2.09. The van der Waals surface area contributed by atoms with Gasteiger partial charge in [-0.15, -0.1) is 10.2 Å². The van der Waals surface area contributed by atoms with Gasteiger partial charge in [-0.3, -0.25) is 4.79 Å². The first kappa shape index (κ1) is 10.9. The van der Waals surface area contributed by atoms with Crippen LogP contribution in [0.25, 0.3) is 0 Å². The lowest BCUT2D eigenvalue weighted by Gasteiger charge is -2.11. The Morgan fingerprint density at radius 2 is 2.50 bits per heavy atom. The molecule has 0 bridgehead atoms. The number of nitrogens with one attached hydrogen (secondary N) is 2. The van der Waals surface area contributed by atoms with E-state index in [-0.39, 0.29) is 11.9 Å². The highest BCUT2D eigenvalue weighted by molar-refractivity contribution is 7.13. The van der Waals surface area contributed by atoms with E-state index in [1.54, 1.807) is 12.4 Å². The molecular formula is C8H14N4OS. The molecule has 0 saturated heterocycles. The Morgan fingerprint density at radius 3 is 3.07 bits per heavy atom. The molecule has 1 aromatic heterocycles. The lowest BCUT2D eigenvalue weighted by Crippen LogP contribution is -2.37. The van der Waals surface area contributed by atoms with Gasteiger partial charge in [0, 0.05) is 6.54 Å². The van der Waals surface area contributed by atoms with Gasteiger partial charge in [-0.25, -0.2) is 0 Å². The van der Waals surface area contributed by atoms with Gasteiger partial charge in [0.2, 0.25) is 11.0 Å². The van der Waals surface area contributed by atoms with Crippen LogP contribution in [0.5, 0.6) is 0 Å². The normalized spacial score (nSPS) is 12.1. The van der Waals surface area contributed by atoms with Crippen LogP contribution >= 0.6 is 11.3 Å². The number of carbonyl (C=O) groups excluding carboxylic acids is 1. The molecule has 5 nitrogen and oxygen atoms in total. The van der Waals surface area contributed by atoms with Gasteiger partial charge >= 0.3 is 0 Å². The van der Waals surface area contributed by atoms with Gasteiger partial charge in [0.1, 0.15) is 11.6 Å². The summed E-state index contributed by atoms with van der Waals surface area (Å²) in [6, 6.07) is -0.269. The van der Waals surface area contributed by atoms with Crippen LogP contribution in [0.1, 0.15) is 20.3 Å². The first-order chi connectivity index (χ1) is 6.74. The number of anilines is 1. The number of aromatic nitrogens is 2. The van der Waals surface area contributed by atoms with Crippen LogP contribution < -0.4 is 10.6 Å². The van der Waals surface area contributed by atoms with Crippen LogP contribution in [0.4, 0.5) is 5.13 Å². The van der Waals surface area contributed by atoms with Crippen LogP contribution in [0.2, 0.25) is 0 Å². The molecule has 1 atom stereocenters. The van der Waals surface area contributed by atoms with E-state index in [1.807, 2.05) is 6.92 Å². The Bertz CT molecular complexity index is 275.